The third-order valence-electron chi connectivity index (χ3n) is 3.24. The molecule has 20 heavy (non-hydrogen) atoms. The summed E-state index contributed by atoms with van der Waals surface area (Å²) < 4.78 is 6.50. The Morgan fingerprint density at radius 3 is 2.60 bits per heavy atom. The van der Waals surface area contributed by atoms with Crippen LogP contribution in [0.15, 0.2) is 46.9 Å². The fourth-order valence-corrected chi connectivity index (χ4v) is 3.50. The van der Waals surface area contributed by atoms with Crippen molar-refractivity contribution < 1.29 is 4.74 Å². The molecule has 4 heteroatoms. The lowest BCUT2D eigenvalue weighted by molar-refractivity contribution is 0.408. The van der Waals surface area contributed by atoms with E-state index in [0.717, 1.165) is 32.6 Å². The summed E-state index contributed by atoms with van der Waals surface area (Å²) >= 11 is 13.4. The van der Waals surface area contributed by atoms with Gasteiger partial charge in [0, 0.05) is 14.8 Å². The molecule has 0 saturated heterocycles. The number of methoxy groups -OCH3 is 1. The van der Waals surface area contributed by atoms with Crippen LogP contribution in [-0.4, -0.2) is 12.4 Å². The highest BCUT2D eigenvalue weighted by Crippen LogP contribution is 2.32. The smallest absolute Gasteiger partial charge is 0.122 e. The standard InChI is InChI=1S/C16H15Br2ClO/c1-20-16-7-6-13(18)9-11(16)8-12(10-17)14-4-2-3-5-15(14)19/h2-7,9,12H,8,10H2,1H3. The van der Waals surface area contributed by atoms with Gasteiger partial charge in [0.1, 0.15) is 5.75 Å². The number of alkyl halides is 1. The number of benzene rings is 2. The van der Waals surface area contributed by atoms with E-state index in [4.69, 9.17) is 16.3 Å². The van der Waals surface area contributed by atoms with Crippen molar-refractivity contribution in [2.45, 2.75) is 12.3 Å². The first-order valence-electron chi connectivity index (χ1n) is 6.28. The molecular weight excluding hydrogens is 403 g/mol. The number of halogens is 3. The maximum atomic E-state index is 6.31. The van der Waals surface area contributed by atoms with Crippen molar-refractivity contribution in [1.82, 2.24) is 0 Å². The zero-order valence-electron chi connectivity index (χ0n) is 11.1. The molecule has 0 saturated carbocycles. The molecule has 0 N–H and O–H groups in total. The third-order valence-corrected chi connectivity index (χ3v) is 4.86. The van der Waals surface area contributed by atoms with E-state index in [9.17, 15) is 0 Å². The summed E-state index contributed by atoms with van der Waals surface area (Å²) in [7, 11) is 1.70. The van der Waals surface area contributed by atoms with Gasteiger partial charge in [-0.25, -0.2) is 0 Å². The minimum absolute atomic E-state index is 0.312. The average Bonchev–Trinajstić information content (AvgIpc) is 2.46. The van der Waals surface area contributed by atoms with E-state index in [1.165, 1.54) is 5.56 Å². The molecule has 0 aliphatic carbocycles. The predicted molar refractivity (Wildman–Crippen MR) is 92.4 cm³/mol. The molecular formula is C16H15Br2ClO. The molecule has 2 aromatic rings. The molecule has 2 aromatic carbocycles. The van der Waals surface area contributed by atoms with E-state index < -0.39 is 0 Å². The average molecular weight is 419 g/mol. The van der Waals surface area contributed by atoms with Crippen molar-refractivity contribution in [3.8, 4) is 5.75 Å². The van der Waals surface area contributed by atoms with E-state index >= 15 is 0 Å². The Bertz CT molecular complexity index is 586. The molecule has 0 fully saturated rings. The van der Waals surface area contributed by atoms with Crippen LogP contribution in [0.1, 0.15) is 17.0 Å². The number of ether oxygens (including phenoxy) is 1. The lowest BCUT2D eigenvalue weighted by Crippen LogP contribution is -2.06. The molecule has 2 rings (SSSR count). The Balaban J connectivity index is 2.31. The molecule has 0 aliphatic rings. The van der Waals surface area contributed by atoms with Crippen LogP contribution in [0.2, 0.25) is 5.02 Å². The van der Waals surface area contributed by atoms with Crippen LogP contribution in [0.5, 0.6) is 5.75 Å². The summed E-state index contributed by atoms with van der Waals surface area (Å²) in [4.78, 5) is 0. The highest BCUT2D eigenvalue weighted by atomic mass is 79.9. The second kappa shape index (κ2) is 7.48. The molecule has 0 aromatic heterocycles. The Kier molecular flexibility index (Phi) is 5.94. The van der Waals surface area contributed by atoms with Gasteiger partial charge in [-0.2, -0.15) is 0 Å². The normalized spacial score (nSPS) is 12.2. The molecule has 1 atom stereocenters. The summed E-state index contributed by atoms with van der Waals surface area (Å²) in [6.07, 6.45) is 0.873. The topological polar surface area (TPSA) is 9.23 Å². The molecule has 0 radical (unpaired) electrons. The van der Waals surface area contributed by atoms with Gasteiger partial charge in [-0.05, 0) is 47.7 Å². The van der Waals surface area contributed by atoms with Gasteiger partial charge in [-0.3, -0.25) is 0 Å². The zero-order chi connectivity index (χ0) is 14.5. The van der Waals surface area contributed by atoms with Crippen molar-refractivity contribution >= 4 is 43.5 Å². The van der Waals surface area contributed by atoms with Crippen molar-refractivity contribution in [3.63, 3.8) is 0 Å². The number of rotatable bonds is 5. The first kappa shape index (κ1) is 15.9. The van der Waals surface area contributed by atoms with Crippen LogP contribution in [0, 0.1) is 0 Å². The molecule has 0 spiro atoms. The first-order chi connectivity index (χ1) is 9.65. The summed E-state index contributed by atoms with van der Waals surface area (Å²) in [5.41, 5.74) is 2.33. The Hall–Kier alpha value is -0.510. The fourth-order valence-electron chi connectivity index (χ4n) is 2.23. The van der Waals surface area contributed by atoms with Crippen LogP contribution < -0.4 is 4.74 Å². The first-order valence-corrected chi connectivity index (χ1v) is 8.57. The van der Waals surface area contributed by atoms with E-state index in [1.54, 1.807) is 7.11 Å². The largest absolute Gasteiger partial charge is 0.496 e. The summed E-state index contributed by atoms with van der Waals surface area (Å²) in [5.74, 6) is 1.22. The third kappa shape index (κ3) is 3.78. The van der Waals surface area contributed by atoms with Gasteiger partial charge in [0.05, 0.1) is 7.11 Å². The maximum Gasteiger partial charge on any atom is 0.122 e. The number of hydrogen-bond donors (Lipinski definition) is 0. The fraction of sp³-hybridized carbons (Fsp3) is 0.250. The van der Waals surface area contributed by atoms with Crippen molar-refractivity contribution in [2.24, 2.45) is 0 Å². The van der Waals surface area contributed by atoms with Gasteiger partial charge >= 0.3 is 0 Å². The Morgan fingerprint density at radius 1 is 1.20 bits per heavy atom. The molecule has 0 heterocycles. The second-order valence-electron chi connectivity index (χ2n) is 4.53. The molecule has 0 aliphatic heterocycles. The monoisotopic (exact) mass is 416 g/mol. The molecule has 0 amide bonds. The molecule has 1 unspecified atom stereocenters. The van der Waals surface area contributed by atoms with Crippen molar-refractivity contribution in [1.29, 1.82) is 0 Å². The SMILES string of the molecule is COc1ccc(Br)cc1CC(CBr)c1ccccc1Cl. The van der Waals surface area contributed by atoms with Gasteiger partial charge in [-0.1, -0.05) is 61.7 Å². The van der Waals surface area contributed by atoms with Crippen LogP contribution in [0.25, 0.3) is 0 Å². The minimum atomic E-state index is 0.312. The van der Waals surface area contributed by atoms with E-state index in [1.807, 2.05) is 30.3 Å². The minimum Gasteiger partial charge on any atom is -0.496 e. The lowest BCUT2D eigenvalue weighted by atomic mass is 9.93. The molecule has 106 valence electrons. The quantitative estimate of drug-likeness (QED) is 0.555. The van der Waals surface area contributed by atoms with Crippen molar-refractivity contribution in [3.05, 3.63) is 63.1 Å². The second-order valence-corrected chi connectivity index (χ2v) is 6.50. The van der Waals surface area contributed by atoms with Gasteiger partial charge in [0.15, 0.2) is 0 Å². The van der Waals surface area contributed by atoms with E-state index in [-0.39, 0.29) is 0 Å². The van der Waals surface area contributed by atoms with Crippen molar-refractivity contribution in [2.75, 3.05) is 12.4 Å². The van der Waals surface area contributed by atoms with Gasteiger partial charge in [-0.15, -0.1) is 0 Å². The predicted octanol–water partition coefficient (Wildman–Crippen LogP) is 5.83. The van der Waals surface area contributed by atoms with Crippen LogP contribution in [0.3, 0.4) is 0 Å². The van der Waals surface area contributed by atoms with Gasteiger partial charge in [0.25, 0.3) is 0 Å². The Labute approximate surface area is 141 Å². The summed E-state index contributed by atoms with van der Waals surface area (Å²) in [6.45, 7) is 0. The number of hydrogen-bond acceptors (Lipinski definition) is 1. The highest BCUT2D eigenvalue weighted by molar-refractivity contribution is 9.10. The van der Waals surface area contributed by atoms with Gasteiger partial charge in [0.2, 0.25) is 0 Å². The molecule has 1 nitrogen and oxygen atoms in total. The lowest BCUT2D eigenvalue weighted by Gasteiger charge is -2.18. The summed E-state index contributed by atoms with van der Waals surface area (Å²) in [5, 5.41) is 1.66. The summed E-state index contributed by atoms with van der Waals surface area (Å²) in [6, 6.07) is 14.1. The van der Waals surface area contributed by atoms with E-state index in [2.05, 4.69) is 44.0 Å². The maximum absolute atomic E-state index is 6.31. The van der Waals surface area contributed by atoms with Crippen LogP contribution >= 0.6 is 43.5 Å². The van der Waals surface area contributed by atoms with Crippen LogP contribution in [0.4, 0.5) is 0 Å². The van der Waals surface area contributed by atoms with Gasteiger partial charge < -0.3 is 4.74 Å². The van der Waals surface area contributed by atoms with E-state index in [0.29, 0.717) is 5.92 Å². The van der Waals surface area contributed by atoms with Crippen LogP contribution in [-0.2, 0) is 6.42 Å². The zero-order valence-corrected chi connectivity index (χ0v) is 15.0. The Morgan fingerprint density at radius 2 is 1.95 bits per heavy atom. The molecule has 0 bridgehead atoms. The highest BCUT2D eigenvalue weighted by Gasteiger charge is 2.16.